The monoisotopic (exact) mass is 517 g/mol. The van der Waals surface area contributed by atoms with Gasteiger partial charge in [-0.1, -0.05) is 25.5 Å². The fourth-order valence-electron chi connectivity index (χ4n) is 4.40. The summed E-state index contributed by atoms with van der Waals surface area (Å²) < 4.78 is 10.5. The number of hydrogen-bond donors (Lipinski definition) is 0. The standard InChI is InChI=1S/C29H35N5O4/c1-4-5-15-34(29(36)22-9-11-24(37-2)12-10-22)21-28(35)33-18-16-32(17-19-33)27-14-13-26(30-31-27)23-7-6-8-25(20-23)38-3/h6-14,20H,4-5,15-19,21H2,1-3H3. The van der Waals surface area contributed by atoms with Gasteiger partial charge in [-0.05, 0) is 55.0 Å². The van der Waals surface area contributed by atoms with Gasteiger partial charge in [-0.3, -0.25) is 9.59 Å². The molecule has 4 rings (SSSR count). The normalized spacial score (nSPS) is 13.2. The van der Waals surface area contributed by atoms with Gasteiger partial charge in [0.05, 0.1) is 19.9 Å². The number of carbonyl (C=O) groups excluding carboxylic acids is 2. The van der Waals surface area contributed by atoms with E-state index < -0.39 is 0 Å². The molecular formula is C29H35N5O4. The predicted octanol–water partition coefficient (Wildman–Crippen LogP) is 3.75. The van der Waals surface area contributed by atoms with E-state index in [1.807, 2.05) is 41.3 Å². The highest BCUT2D eigenvalue weighted by Crippen LogP contribution is 2.23. The van der Waals surface area contributed by atoms with Crippen molar-refractivity contribution < 1.29 is 19.1 Å². The fourth-order valence-corrected chi connectivity index (χ4v) is 4.40. The summed E-state index contributed by atoms with van der Waals surface area (Å²) in [5.74, 6) is 2.06. The molecule has 9 heteroatoms. The summed E-state index contributed by atoms with van der Waals surface area (Å²) in [5.41, 5.74) is 2.27. The van der Waals surface area contributed by atoms with Crippen molar-refractivity contribution in [1.29, 1.82) is 0 Å². The number of amides is 2. The van der Waals surface area contributed by atoms with Gasteiger partial charge in [0.1, 0.15) is 18.0 Å². The number of benzene rings is 2. The molecule has 1 aromatic heterocycles. The van der Waals surface area contributed by atoms with Crippen LogP contribution in [0.5, 0.6) is 11.5 Å². The van der Waals surface area contributed by atoms with Crippen LogP contribution in [0, 0.1) is 0 Å². The first kappa shape index (κ1) is 26.9. The van der Waals surface area contributed by atoms with Crippen molar-refractivity contribution >= 4 is 17.6 Å². The van der Waals surface area contributed by atoms with Gasteiger partial charge in [-0.25, -0.2) is 0 Å². The van der Waals surface area contributed by atoms with E-state index in [-0.39, 0.29) is 18.4 Å². The van der Waals surface area contributed by atoms with Crippen LogP contribution in [0.1, 0.15) is 30.1 Å². The summed E-state index contributed by atoms with van der Waals surface area (Å²) in [6, 6.07) is 18.6. The molecule has 0 bridgehead atoms. The average molecular weight is 518 g/mol. The van der Waals surface area contributed by atoms with Crippen LogP contribution < -0.4 is 14.4 Å². The second kappa shape index (κ2) is 12.9. The van der Waals surface area contributed by atoms with E-state index in [2.05, 4.69) is 22.0 Å². The molecule has 0 spiro atoms. The van der Waals surface area contributed by atoms with Gasteiger partial charge in [0.2, 0.25) is 5.91 Å². The number of methoxy groups -OCH3 is 2. The lowest BCUT2D eigenvalue weighted by Gasteiger charge is -2.36. The molecule has 9 nitrogen and oxygen atoms in total. The van der Waals surface area contributed by atoms with Crippen molar-refractivity contribution in [2.24, 2.45) is 0 Å². The zero-order chi connectivity index (χ0) is 26.9. The smallest absolute Gasteiger partial charge is 0.254 e. The molecule has 0 unspecified atom stereocenters. The Morgan fingerprint density at radius 2 is 1.63 bits per heavy atom. The highest BCUT2D eigenvalue weighted by molar-refractivity contribution is 5.96. The van der Waals surface area contributed by atoms with Gasteiger partial charge >= 0.3 is 0 Å². The summed E-state index contributed by atoms with van der Waals surface area (Å²) in [4.78, 5) is 31.9. The van der Waals surface area contributed by atoms with Gasteiger partial charge in [-0.15, -0.1) is 10.2 Å². The summed E-state index contributed by atoms with van der Waals surface area (Å²) in [5, 5.41) is 8.83. The molecule has 1 saturated heterocycles. The number of ether oxygens (including phenoxy) is 2. The second-order valence-corrected chi connectivity index (χ2v) is 9.19. The number of rotatable bonds is 10. The first-order valence-corrected chi connectivity index (χ1v) is 13.0. The number of anilines is 1. The van der Waals surface area contributed by atoms with Crippen LogP contribution in [0.3, 0.4) is 0 Å². The van der Waals surface area contributed by atoms with Crippen molar-refractivity contribution in [2.45, 2.75) is 19.8 Å². The van der Waals surface area contributed by atoms with Gasteiger partial charge in [-0.2, -0.15) is 0 Å². The Hall–Kier alpha value is -4.14. The molecule has 1 fully saturated rings. The molecule has 0 atom stereocenters. The van der Waals surface area contributed by atoms with Crippen LogP contribution >= 0.6 is 0 Å². The average Bonchev–Trinajstić information content (AvgIpc) is 2.99. The topological polar surface area (TPSA) is 88.1 Å². The van der Waals surface area contributed by atoms with E-state index in [4.69, 9.17) is 9.47 Å². The minimum absolute atomic E-state index is 0.0397. The van der Waals surface area contributed by atoms with Crippen molar-refractivity contribution in [1.82, 2.24) is 20.0 Å². The lowest BCUT2D eigenvalue weighted by atomic mass is 10.1. The quantitative estimate of drug-likeness (QED) is 0.405. The lowest BCUT2D eigenvalue weighted by molar-refractivity contribution is -0.132. The predicted molar refractivity (Wildman–Crippen MR) is 147 cm³/mol. The van der Waals surface area contributed by atoms with Gasteiger partial charge in [0, 0.05) is 43.9 Å². The summed E-state index contributed by atoms with van der Waals surface area (Å²) in [7, 11) is 3.23. The number of hydrogen-bond acceptors (Lipinski definition) is 7. The van der Waals surface area contributed by atoms with Crippen molar-refractivity contribution in [3.05, 3.63) is 66.2 Å². The lowest BCUT2D eigenvalue weighted by Crippen LogP contribution is -2.52. The molecule has 1 aliphatic heterocycles. The third-order valence-electron chi connectivity index (χ3n) is 6.70. The van der Waals surface area contributed by atoms with Crippen molar-refractivity contribution in [3.63, 3.8) is 0 Å². The van der Waals surface area contributed by atoms with E-state index in [9.17, 15) is 9.59 Å². The Labute approximate surface area is 224 Å². The van der Waals surface area contributed by atoms with E-state index in [1.54, 1.807) is 43.4 Å². The summed E-state index contributed by atoms with van der Waals surface area (Å²) in [6.45, 7) is 5.12. The Bertz CT molecular complexity index is 1210. The maximum absolute atomic E-state index is 13.2. The zero-order valence-corrected chi connectivity index (χ0v) is 22.3. The SMILES string of the molecule is CCCCN(CC(=O)N1CCN(c2ccc(-c3cccc(OC)c3)nn2)CC1)C(=O)c1ccc(OC)cc1. The van der Waals surface area contributed by atoms with Crippen LogP contribution in [0.4, 0.5) is 5.82 Å². The largest absolute Gasteiger partial charge is 0.497 e. The Kier molecular flexibility index (Phi) is 9.13. The van der Waals surface area contributed by atoms with Crippen molar-refractivity contribution in [3.8, 4) is 22.8 Å². The minimum Gasteiger partial charge on any atom is -0.497 e. The summed E-state index contributed by atoms with van der Waals surface area (Å²) in [6.07, 6.45) is 1.78. The molecule has 2 aromatic carbocycles. The maximum atomic E-state index is 13.2. The Morgan fingerprint density at radius 1 is 0.895 bits per heavy atom. The highest BCUT2D eigenvalue weighted by atomic mass is 16.5. The van der Waals surface area contributed by atoms with Crippen LogP contribution in [0.25, 0.3) is 11.3 Å². The number of nitrogens with zero attached hydrogens (tertiary/aromatic N) is 5. The number of piperazine rings is 1. The third kappa shape index (κ3) is 6.59. The molecule has 1 aliphatic rings. The molecule has 0 N–H and O–H groups in total. The van der Waals surface area contributed by atoms with Crippen LogP contribution in [-0.4, -0.2) is 85.3 Å². The van der Waals surface area contributed by atoms with E-state index in [1.165, 1.54) is 0 Å². The molecule has 0 aliphatic carbocycles. The van der Waals surface area contributed by atoms with E-state index >= 15 is 0 Å². The molecule has 200 valence electrons. The number of unbranched alkanes of at least 4 members (excludes halogenated alkanes) is 1. The first-order valence-electron chi connectivity index (χ1n) is 13.0. The molecule has 0 saturated carbocycles. The van der Waals surface area contributed by atoms with Gasteiger partial charge in [0.15, 0.2) is 5.82 Å². The third-order valence-corrected chi connectivity index (χ3v) is 6.70. The molecule has 2 heterocycles. The molecule has 3 aromatic rings. The first-order chi connectivity index (χ1) is 18.5. The summed E-state index contributed by atoms with van der Waals surface area (Å²) >= 11 is 0. The van der Waals surface area contributed by atoms with Crippen molar-refractivity contribution in [2.75, 3.05) is 58.4 Å². The zero-order valence-electron chi connectivity index (χ0n) is 22.3. The highest BCUT2D eigenvalue weighted by Gasteiger charge is 2.26. The molecule has 38 heavy (non-hydrogen) atoms. The van der Waals surface area contributed by atoms with E-state index in [0.717, 1.165) is 35.7 Å². The minimum atomic E-state index is -0.139. The Morgan fingerprint density at radius 3 is 2.26 bits per heavy atom. The maximum Gasteiger partial charge on any atom is 0.254 e. The van der Waals surface area contributed by atoms with Crippen LogP contribution in [0.15, 0.2) is 60.7 Å². The number of aromatic nitrogens is 2. The van der Waals surface area contributed by atoms with Gasteiger partial charge < -0.3 is 24.2 Å². The molecule has 2 amide bonds. The van der Waals surface area contributed by atoms with Crippen LogP contribution in [0.2, 0.25) is 0 Å². The number of carbonyl (C=O) groups is 2. The fraction of sp³-hybridized carbons (Fsp3) is 0.379. The molecule has 0 radical (unpaired) electrons. The van der Waals surface area contributed by atoms with E-state index in [0.29, 0.717) is 44.0 Å². The van der Waals surface area contributed by atoms with Gasteiger partial charge in [0.25, 0.3) is 5.91 Å². The van der Waals surface area contributed by atoms with Crippen LogP contribution in [-0.2, 0) is 4.79 Å². The molecular weight excluding hydrogens is 482 g/mol. The Balaban J connectivity index is 1.34. The second-order valence-electron chi connectivity index (χ2n) is 9.19.